The first-order valence-corrected chi connectivity index (χ1v) is 9.62. The third kappa shape index (κ3) is 2.79. The van der Waals surface area contributed by atoms with Crippen molar-refractivity contribution >= 4 is 22.9 Å². The monoisotopic (exact) mass is 376 g/mol. The minimum absolute atomic E-state index is 0.369. The normalized spacial score (nSPS) is 18.5. The zero-order chi connectivity index (χ0) is 19.1. The summed E-state index contributed by atoms with van der Waals surface area (Å²) in [5, 5.41) is 3.14. The number of hydrogen-bond donors (Lipinski definition) is 2. The maximum absolute atomic E-state index is 6.13. The van der Waals surface area contributed by atoms with Crippen LogP contribution in [0, 0.1) is 0 Å². The third-order valence-corrected chi connectivity index (χ3v) is 5.74. The lowest BCUT2D eigenvalue weighted by molar-refractivity contribution is 0.114. The van der Waals surface area contributed by atoms with Gasteiger partial charge in [-0.2, -0.15) is 0 Å². The molecular formula is C21H24N6O. The fourth-order valence-corrected chi connectivity index (χ4v) is 4.38. The molecule has 0 aliphatic carbocycles. The SMILES string of the molecule is COc1cccc(CN2CCC3(CC2)N=C(N)Nc2nc4ccccc4n23)c1. The predicted molar refractivity (Wildman–Crippen MR) is 110 cm³/mol. The molecule has 3 N–H and O–H groups in total. The van der Waals surface area contributed by atoms with Crippen molar-refractivity contribution in [3.8, 4) is 5.75 Å². The molecule has 5 rings (SSSR count). The van der Waals surface area contributed by atoms with Crippen LogP contribution in [0.25, 0.3) is 11.0 Å². The number of nitrogens with two attached hydrogens (primary N) is 1. The van der Waals surface area contributed by atoms with E-state index in [2.05, 4.69) is 33.0 Å². The second kappa shape index (κ2) is 6.53. The summed E-state index contributed by atoms with van der Waals surface area (Å²) >= 11 is 0. The lowest BCUT2D eigenvalue weighted by Gasteiger charge is -2.42. The first-order chi connectivity index (χ1) is 13.7. The smallest absolute Gasteiger partial charge is 0.212 e. The highest BCUT2D eigenvalue weighted by atomic mass is 16.5. The molecule has 1 saturated heterocycles. The predicted octanol–water partition coefficient (Wildman–Crippen LogP) is 2.73. The number of hydrogen-bond acceptors (Lipinski definition) is 6. The molecule has 3 aromatic rings. The van der Waals surface area contributed by atoms with E-state index in [0.717, 1.165) is 55.2 Å². The molecule has 144 valence electrons. The van der Waals surface area contributed by atoms with Crippen molar-refractivity contribution in [1.82, 2.24) is 14.5 Å². The molecule has 1 spiro atoms. The summed E-state index contributed by atoms with van der Waals surface area (Å²) in [4.78, 5) is 12.1. The van der Waals surface area contributed by atoms with Crippen molar-refractivity contribution in [3.63, 3.8) is 0 Å². The molecular weight excluding hydrogens is 352 g/mol. The number of ether oxygens (including phenoxy) is 1. The molecule has 2 aromatic carbocycles. The molecule has 28 heavy (non-hydrogen) atoms. The number of anilines is 1. The molecule has 7 heteroatoms. The number of aliphatic imine (C=N–C) groups is 1. The molecule has 0 amide bonds. The summed E-state index contributed by atoms with van der Waals surface area (Å²) in [5.74, 6) is 2.13. The van der Waals surface area contributed by atoms with Crippen molar-refractivity contribution in [2.24, 2.45) is 10.7 Å². The summed E-state index contributed by atoms with van der Waals surface area (Å²) < 4.78 is 7.59. The number of piperidine rings is 1. The van der Waals surface area contributed by atoms with E-state index in [1.165, 1.54) is 5.56 Å². The molecule has 0 saturated carbocycles. The van der Waals surface area contributed by atoms with E-state index >= 15 is 0 Å². The zero-order valence-electron chi connectivity index (χ0n) is 15.9. The Morgan fingerprint density at radius 1 is 1.14 bits per heavy atom. The Morgan fingerprint density at radius 2 is 1.96 bits per heavy atom. The second-order valence-corrected chi connectivity index (χ2v) is 7.49. The van der Waals surface area contributed by atoms with E-state index in [1.54, 1.807) is 7.11 Å². The largest absolute Gasteiger partial charge is 0.497 e. The fourth-order valence-electron chi connectivity index (χ4n) is 4.38. The molecule has 0 atom stereocenters. The number of fused-ring (bicyclic) bond motifs is 4. The van der Waals surface area contributed by atoms with Gasteiger partial charge in [0.2, 0.25) is 5.95 Å². The van der Waals surface area contributed by atoms with Gasteiger partial charge in [0, 0.05) is 32.5 Å². The van der Waals surface area contributed by atoms with E-state index < -0.39 is 0 Å². The highest BCUT2D eigenvalue weighted by Gasteiger charge is 2.41. The van der Waals surface area contributed by atoms with Crippen LogP contribution in [0.1, 0.15) is 18.4 Å². The molecule has 2 aliphatic heterocycles. The summed E-state index contributed by atoms with van der Waals surface area (Å²) in [5.41, 5.74) is 9.08. The number of nitrogens with one attached hydrogen (secondary N) is 1. The highest BCUT2D eigenvalue weighted by Crippen LogP contribution is 2.40. The number of guanidine groups is 1. The van der Waals surface area contributed by atoms with Crippen LogP contribution >= 0.6 is 0 Å². The van der Waals surface area contributed by atoms with Crippen LogP contribution < -0.4 is 15.8 Å². The Balaban J connectivity index is 1.41. The van der Waals surface area contributed by atoms with E-state index in [9.17, 15) is 0 Å². The van der Waals surface area contributed by atoms with Crippen LogP contribution in [0.2, 0.25) is 0 Å². The second-order valence-electron chi connectivity index (χ2n) is 7.49. The third-order valence-electron chi connectivity index (χ3n) is 5.74. The fraction of sp³-hybridized carbons (Fsp3) is 0.333. The van der Waals surface area contributed by atoms with Crippen molar-refractivity contribution in [2.75, 3.05) is 25.5 Å². The van der Waals surface area contributed by atoms with E-state index in [-0.39, 0.29) is 5.66 Å². The first-order valence-electron chi connectivity index (χ1n) is 9.62. The highest BCUT2D eigenvalue weighted by molar-refractivity contribution is 5.94. The van der Waals surface area contributed by atoms with E-state index in [1.807, 2.05) is 30.3 Å². The van der Waals surface area contributed by atoms with E-state index in [0.29, 0.717) is 5.96 Å². The van der Waals surface area contributed by atoms with E-state index in [4.69, 9.17) is 20.4 Å². The average Bonchev–Trinajstić information content (AvgIpc) is 3.09. The van der Waals surface area contributed by atoms with Gasteiger partial charge in [0.05, 0.1) is 18.1 Å². The molecule has 7 nitrogen and oxygen atoms in total. The van der Waals surface area contributed by atoms with Gasteiger partial charge in [-0.1, -0.05) is 24.3 Å². The first kappa shape index (κ1) is 17.1. The molecule has 0 radical (unpaired) electrons. The van der Waals surface area contributed by atoms with Gasteiger partial charge in [0.1, 0.15) is 11.4 Å². The number of rotatable bonds is 3. The Hall–Kier alpha value is -3.06. The minimum Gasteiger partial charge on any atom is -0.497 e. The number of methoxy groups -OCH3 is 1. The lowest BCUT2D eigenvalue weighted by Crippen LogP contribution is -2.49. The molecule has 1 aromatic heterocycles. The van der Waals surface area contributed by atoms with Gasteiger partial charge in [-0.05, 0) is 29.8 Å². The van der Waals surface area contributed by atoms with Gasteiger partial charge >= 0.3 is 0 Å². The standard InChI is InChI=1S/C21H24N6O/c1-28-16-6-4-5-15(13-16)14-26-11-9-21(10-12-26)25-19(22)24-20-23-17-7-2-3-8-18(17)27(20)21/h2-8,13H,9-12,14H2,1H3,(H3,22,23,24,25). The summed E-state index contributed by atoms with van der Waals surface area (Å²) in [6, 6.07) is 16.5. The summed E-state index contributed by atoms with van der Waals surface area (Å²) in [6.45, 7) is 2.79. The Labute approximate surface area is 163 Å². The maximum atomic E-state index is 6.13. The summed E-state index contributed by atoms with van der Waals surface area (Å²) in [7, 11) is 1.70. The zero-order valence-corrected chi connectivity index (χ0v) is 15.9. The minimum atomic E-state index is -0.369. The molecule has 3 heterocycles. The van der Waals surface area contributed by atoms with Crippen LogP contribution in [0.4, 0.5) is 5.95 Å². The Bertz CT molecular complexity index is 1050. The average molecular weight is 376 g/mol. The van der Waals surface area contributed by atoms with Gasteiger partial charge < -0.3 is 10.5 Å². The van der Waals surface area contributed by atoms with Crippen LogP contribution in [-0.4, -0.2) is 40.6 Å². The van der Waals surface area contributed by atoms with Crippen LogP contribution in [-0.2, 0) is 12.2 Å². The van der Waals surface area contributed by atoms with Gasteiger partial charge in [-0.25, -0.2) is 9.98 Å². The number of benzene rings is 2. The van der Waals surface area contributed by atoms with Crippen LogP contribution in [0.15, 0.2) is 53.5 Å². The topological polar surface area (TPSA) is 80.7 Å². The number of likely N-dealkylation sites (tertiary alicyclic amines) is 1. The van der Waals surface area contributed by atoms with Crippen molar-refractivity contribution in [2.45, 2.75) is 25.0 Å². The van der Waals surface area contributed by atoms with Crippen LogP contribution in [0.5, 0.6) is 5.75 Å². The number of nitrogens with zero attached hydrogens (tertiary/aromatic N) is 4. The van der Waals surface area contributed by atoms with Gasteiger partial charge in [-0.15, -0.1) is 0 Å². The Kier molecular flexibility index (Phi) is 3.98. The molecule has 0 bridgehead atoms. The van der Waals surface area contributed by atoms with Crippen molar-refractivity contribution < 1.29 is 4.74 Å². The Morgan fingerprint density at radius 3 is 2.79 bits per heavy atom. The van der Waals surface area contributed by atoms with Crippen molar-refractivity contribution in [1.29, 1.82) is 0 Å². The molecule has 0 unspecified atom stereocenters. The maximum Gasteiger partial charge on any atom is 0.212 e. The van der Waals surface area contributed by atoms with Crippen molar-refractivity contribution in [3.05, 3.63) is 54.1 Å². The quantitative estimate of drug-likeness (QED) is 0.735. The van der Waals surface area contributed by atoms with Gasteiger partial charge in [0.25, 0.3) is 0 Å². The number of imidazole rings is 1. The van der Waals surface area contributed by atoms with Gasteiger partial charge in [0.15, 0.2) is 5.96 Å². The van der Waals surface area contributed by atoms with Gasteiger partial charge in [-0.3, -0.25) is 14.8 Å². The number of aromatic nitrogens is 2. The summed E-state index contributed by atoms with van der Waals surface area (Å²) in [6.07, 6.45) is 1.79. The molecule has 1 fully saturated rings. The lowest BCUT2D eigenvalue weighted by atomic mass is 9.95. The molecule has 2 aliphatic rings. The number of para-hydroxylation sites is 2. The van der Waals surface area contributed by atoms with Crippen LogP contribution in [0.3, 0.4) is 0 Å².